The van der Waals surface area contributed by atoms with Crippen molar-refractivity contribution in [3.8, 4) is 28.7 Å². The van der Waals surface area contributed by atoms with Gasteiger partial charge in [-0.2, -0.15) is 5.26 Å². The first-order chi connectivity index (χ1) is 21.9. The summed E-state index contributed by atoms with van der Waals surface area (Å²) in [6, 6.07) is 21.8. The van der Waals surface area contributed by atoms with Crippen molar-refractivity contribution in [1.82, 2.24) is 19.9 Å². The predicted molar refractivity (Wildman–Crippen MR) is 174 cm³/mol. The van der Waals surface area contributed by atoms with Crippen LogP contribution in [0.1, 0.15) is 34.2 Å². The van der Waals surface area contributed by atoms with E-state index in [1.807, 2.05) is 43.5 Å². The van der Waals surface area contributed by atoms with Crippen LogP contribution in [-0.2, 0) is 13.2 Å². The van der Waals surface area contributed by atoms with Gasteiger partial charge in [-0.1, -0.05) is 24.3 Å². The highest BCUT2D eigenvalue weighted by Gasteiger charge is 2.21. The molecule has 3 aromatic heterocycles. The molecule has 1 saturated heterocycles. The van der Waals surface area contributed by atoms with E-state index in [1.165, 1.54) is 0 Å². The summed E-state index contributed by atoms with van der Waals surface area (Å²) in [4.78, 5) is 16.4. The standard InChI is InChI=1S/C36H32N6O3/c1-21-28(5-3-7-30(21)36-41-32-15-23(20-43)13-26(16-37)34(32)45-36)29-6-4-8-31(22(29)2)40-35-33-25(9-11-38-35)14-24(17-39-33)18-42-12-10-27(44)19-42/h3-9,11,13-15,17,27,43-44H,10,12,18-20H2,1-2H3,(H,38,40)/t27-/m1/s1. The zero-order chi connectivity index (χ0) is 31.1. The summed E-state index contributed by atoms with van der Waals surface area (Å²) in [7, 11) is 0. The van der Waals surface area contributed by atoms with E-state index in [0.717, 1.165) is 69.5 Å². The third kappa shape index (κ3) is 5.40. The average molecular weight is 597 g/mol. The second-order valence-corrected chi connectivity index (χ2v) is 11.6. The number of benzene rings is 3. The number of rotatable bonds is 7. The SMILES string of the molecule is Cc1c(Nc2nccc3cc(CN4CC[C@@H](O)C4)cnc23)cccc1-c1cccc(-c2nc3cc(CO)cc(C#N)c3o2)c1C. The van der Waals surface area contributed by atoms with Gasteiger partial charge < -0.3 is 19.9 Å². The molecule has 0 unspecified atom stereocenters. The van der Waals surface area contributed by atoms with Crippen LogP contribution in [0.5, 0.6) is 0 Å². The van der Waals surface area contributed by atoms with Crippen molar-refractivity contribution in [2.75, 3.05) is 18.4 Å². The monoisotopic (exact) mass is 596 g/mol. The topological polar surface area (TPSA) is 131 Å². The number of fused-ring (bicyclic) bond motifs is 2. The van der Waals surface area contributed by atoms with Crippen molar-refractivity contribution in [2.45, 2.75) is 39.5 Å². The summed E-state index contributed by atoms with van der Waals surface area (Å²) in [5.74, 6) is 1.11. The fourth-order valence-electron chi connectivity index (χ4n) is 6.23. The highest BCUT2D eigenvalue weighted by molar-refractivity contribution is 5.91. The molecule has 3 N–H and O–H groups in total. The molecule has 3 aromatic carbocycles. The van der Waals surface area contributed by atoms with Crippen molar-refractivity contribution < 1.29 is 14.6 Å². The summed E-state index contributed by atoms with van der Waals surface area (Å²) >= 11 is 0. The molecule has 0 bridgehead atoms. The number of aliphatic hydroxyl groups is 2. The van der Waals surface area contributed by atoms with Crippen molar-refractivity contribution in [3.63, 3.8) is 0 Å². The lowest BCUT2D eigenvalue weighted by atomic mass is 9.93. The molecule has 1 aliphatic rings. The number of nitrogens with one attached hydrogen (secondary N) is 1. The Bertz CT molecular complexity index is 2110. The molecule has 6 aromatic rings. The van der Waals surface area contributed by atoms with Crippen LogP contribution >= 0.6 is 0 Å². The molecule has 4 heterocycles. The maximum absolute atomic E-state index is 9.89. The lowest BCUT2D eigenvalue weighted by molar-refractivity contribution is 0.175. The Balaban J connectivity index is 1.21. The van der Waals surface area contributed by atoms with Crippen LogP contribution in [-0.4, -0.2) is 49.3 Å². The molecular weight excluding hydrogens is 564 g/mol. The Labute approximate surface area is 260 Å². The normalized spacial score (nSPS) is 15.1. The number of likely N-dealkylation sites (tertiary alicyclic amines) is 1. The molecule has 1 atom stereocenters. The van der Waals surface area contributed by atoms with E-state index in [-0.39, 0.29) is 12.7 Å². The molecular formula is C36H32N6O3. The third-order valence-corrected chi connectivity index (χ3v) is 8.60. The molecule has 0 radical (unpaired) electrons. The molecule has 9 heteroatoms. The molecule has 0 saturated carbocycles. The number of oxazole rings is 1. The maximum Gasteiger partial charge on any atom is 0.227 e. The second-order valence-electron chi connectivity index (χ2n) is 11.6. The van der Waals surface area contributed by atoms with Gasteiger partial charge in [0, 0.05) is 48.7 Å². The lowest BCUT2D eigenvalue weighted by Gasteiger charge is -2.17. The fourth-order valence-corrected chi connectivity index (χ4v) is 6.23. The van der Waals surface area contributed by atoms with E-state index in [0.29, 0.717) is 40.5 Å². The summed E-state index contributed by atoms with van der Waals surface area (Å²) in [6.45, 7) is 6.29. The number of aromatic nitrogens is 3. The van der Waals surface area contributed by atoms with E-state index < -0.39 is 0 Å². The van der Waals surface area contributed by atoms with Crippen molar-refractivity contribution in [3.05, 3.63) is 101 Å². The van der Waals surface area contributed by atoms with Gasteiger partial charge in [-0.25, -0.2) is 9.97 Å². The van der Waals surface area contributed by atoms with Gasteiger partial charge in [0.25, 0.3) is 0 Å². The molecule has 45 heavy (non-hydrogen) atoms. The molecule has 0 spiro atoms. The van der Waals surface area contributed by atoms with E-state index in [1.54, 1.807) is 18.3 Å². The fraction of sp³-hybridized carbons (Fsp3) is 0.222. The minimum Gasteiger partial charge on any atom is -0.435 e. The van der Waals surface area contributed by atoms with Gasteiger partial charge >= 0.3 is 0 Å². The van der Waals surface area contributed by atoms with Crippen LogP contribution in [0.15, 0.2) is 77.5 Å². The lowest BCUT2D eigenvalue weighted by Crippen LogP contribution is -2.21. The van der Waals surface area contributed by atoms with Gasteiger partial charge in [0.15, 0.2) is 11.4 Å². The zero-order valence-corrected chi connectivity index (χ0v) is 25.1. The quantitative estimate of drug-likeness (QED) is 0.192. The molecule has 1 aliphatic heterocycles. The first kappa shape index (κ1) is 28.6. The summed E-state index contributed by atoms with van der Waals surface area (Å²) in [6.07, 6.45) is 4.26. The summed E-state index contributed by atoms with van der Waals surface area (Å²) in [5.41, 5.74) is 9.70. The molecule has 0 aliphatic carbocycles. The Morgan fingerprint density at radius 2 is 1.80 bits per heavy atom. The van der Waals surface area contributed by atoms with Crippen molar-refractivity contribution in [1.29, 1.82) is 5.26 Å². The van der Waals surface area contributed by atoms with E-state index >= 15 is 0 Å². The van der Waals surface area contributed by atoms with Gasteiger partial charge in [-0.15, -0.1) is 0 Å². The van der Waals surface area contributed by atoms with Crippen LogP contribution in [0.25, 0.3) is 44.6 Å². The Kier molecular flexibility index (Phi) is 7.47. The first-order valence-corrected chi connectivity index (χ1v) is 15.0. The number of hydrogen-bond acceptors (Lipinski definition) is 9. The number of β-amino-alcohol motifs (C(OH)–C–C–N with tert-alkyl or cyclic N) is 1. The van der Waals surface area contributed by atoms with Gasteiger partial charge in [-0.05, 0) is 90.0 Å². The number of hydrogen-bond donors (Lipinski definition) is 3. The largest absolute Gasteiger partial charge is 0.435 e. The Hall–Kier alpha value is -5.14. The molecule has 224 valence electrons. The Morgan fingerprint density at radius 1 is 1.00 bits per heavy atom. The minimum absolute atomic E-state index is 0.180. The smallest absolute Gasteiger partial charge is 0.227 e. The van der Waals surface area contributed by atoms with Crippen molar-refractivity contribution in [2.24, 2.45) is 0 Å². The highest BCUT2D eigenvalue weighted by atomic mass is 16.3. The van der Waals surface area contributed by atoms with Gasteiger partial charge in [0.1, 0.15) is 17.1 Å². The van der Waals surface area contributed by atoms with Crippen LogP contribution in [0.2, 0.25) is 0 Å². The molecule has 7 rings (SSSR count). The number of aliphatic hydroxyl groups excluding tert-OH is 2. The van der Waals surface area contributed by atoms with Crippen LogP contribution in [0, 0.1) is 25.2 Å². The third-order valence-electron chi connectivity index (χ3n) is 8.60. The maximum atomic E-state index is 9.89. The minimum atomic E-state index is -0.246. The average Bonchev–Trinajstić information content (AvgIpc) is 3.67. The molecule has 1 fully saturated rings. The van der Waals surface area contributed by atoms with Crippen molar-refractivity contribution >= 4 is 33.5 Å². The van der Waals surface area contributed by atoms with Gasteiger partial charge in [0.2, 0.25) is 5.89 Å². The molecule has 0 amide bonds. The summed E-state index contributed by atoms with van der Waals surface area (Å²) < 4.78 is 6.11. The number of pyridine rings is 2. The van der Waals surface area contributed by atoms with Crippen LogP contribution in [0.4, 0.5) is 11.5 Å². The van der Waals surface area contributed by atoms with Crippen LogP contribution in [0.3, 0.4) is 0 Å². The number of nitriles is 1. The highest BCUT2D eigenvalue weighted by Crippen LogP contribution is 2.37. The predicted octanol–water partition coefficient (Wildman–Crippen LogP) is 6.40. The van der Waals surface area contributed by atoms with Crippen LogP contribution < -0.4 is 5.32 Å². The van der Waals surface area contributed by atoms with Gasteiger partial charge in [-0.3, -0.25) is 9.88 Å². The van der Waals surface area contributed by atoms with E-state index in [9.17, 15) is 15.5 Å². The van der Waals surface area contributed by atoms with E-state index in [4.69, 9.17) is 9.40 Å². The zero-order valence-electron chi connectivity index (χ0n) is 25.1. The molecule has 9 nitrogen and oxygen atoms in total. The van der Waals surface area contributed by atoms with E-state index in [2.05, 4.69) is 51.4 Å². The Morgan fingerprint density at radius 3 is 2.58 bits per heavy atom. The number of anilines is 2. The number of nitrogens with zero attached hydrogens (tertiary/aromatic N) is 5. The second kappa shape index (κ2) is 11.7. The van der Waals surface area contributed by atoms with Gasteiger partial charge in [0.05, 0.1) is 18.3 Å². The summed E-state index contributed by atoms with van der Waals surface area (Å²) in [5, 5.41) is 33.7. The first-order valence-electron chi connectivity index (χ1n) is 15.0.